The van der Waals surface area contributed by atoms with E-state index < -0.39 is 0 Å². The van der Waals surface area contributed by atoms with E-state index in [0.29, 0.717) is 17.4 Å². The van der Waals surface area contributed by atoms with E-state index in [-0.39, 0.29) is 11.9 Å². The third kappa shape index (κ3) is 2.88. The van der Waals surface area contributed by atoms with Gasteiger partial charge in [-0.25, -0.2) is 0 Å². The summed E-state index contributed by atoms with van der Waals surface area (Å²) in [4.78, 5) is 14.9. The van der Waals surface area contributed by atoms with Crippen LogP contribution in [0.3, 0.4) is 0 Å². The Hall–Kier alpha value is -2.14. The van der Waals surface area contributed by atoms with Gasteiger partial charge in [-0.1, -0.05) is 35.0 Å². The quantitative estimate of drug-likeness (QED) is 0.946. The Bertz CT molecular complexity index is 699. The van der Waals surface area contributed by atoms with Gasteiger partial charge in [-0.15, -0.1) is 0 Å². The third-order valence-corrected chi connectivity index (χ3v) is 5.05. The predicted octanol–water partition coefficient (Wildman–Crippen LogP) is 2.47. The van der Waals surface area contributed by atoms with Crippen molar-refractivity contribution < 1.29 is 9.32 Å². The van der Waals surface area contributed by atoms with Gasteiger partial charge in [-0.05, 0) is 38.8 Å². The number of carbonyl (C=O) groups excluding carboxylic acids is 1. The van der Waals surface area contributed by atoms with E-state index in [1.54, 1.807) is 6.07 Å². The van der Waals surface area contributed by atoms with Crippen molar-refractivity contribution in [3.05, 3.63) is 41.6 Å². The number of amides is 1. The molecule has 1 N–H and O–H groups in total. The van der Waals surface area contributed by atoms with Crippen LogP contribution in [0.15, 0.2) is 34.9 Å². The number of benzene rings is 1. The van der Waals surface area contributed by atoms with Crippen molar-refractivity contribution in [1.29, 1.82) is 0 Å². The summed E-state index contributed by atoms with van der Waals surface area (Å²) >= 11 is 0. The Kier molecular flexibility index (Phi) is 3.65. The van der Waals surface area contributed by atoms with Gasteiger partial charge < -0.3 is 14.7 Å². The zero-order chi connectivity index (χ0) is 15.8. The number of hydrogen-bond donors (Lipinski definition) is 1. The van der Waals surface area contributed by atoms with Gasteiger partial charge in [-0.3, -0.25) is 4.79 Å². The van der Waals surface area contributed by atoms with Crippen LogP contribution in [0.25, 0.3) is 11.3 Å². The van der Waals surface area contributed by atoms with Gasteiger partial charge in [0.2, 0.25) is 0 Å². The molecular formula is C18H21N3O2. The van der Waals surface area contributed by atoms with Gasteiger partial charge >= 0.3 is 0 Å². The van der Waals surface area contributed by atoms with Crippen LogP contribution in [0.4, 0.5) is 0 Å². The Morgan fingerprint density at radius 3 is 2.65 bits per heavy atom. The van der Waals surface area contributed by atoms with Crippen LogP contribution < -0.4 is 5.32 Å². The van der Waals surface area contributed by atoms with Crippen molar-refractivity contribution >= 4 is 5.91 Å². The molecule has 3 aliphatic heterocycles. The summed E-state index contributed by atoms with van der Waals surface area (Å²) in [5, 5.41) is 7.08. The first-order valence-electron chi connectivity index (χ1n) is 8.26. The van der Waals surface area contributed by atoms with Crippen molar-refractivity contribution in [2.24, 2.45) is 5.92 Å². The molecule has 0 saturated carbocycles. The average Bonchev–Trinajstić information content (AvgIpc) is 3.07. The fourth-order valence-corrected chi connectivity index (χ4v) is 3.61. The first-order chi connectivity index (χ1) is 11.2. The minimum absolute atomic E-state index is 0.133. The molecule has 120 valence electrons. The second kappa shape index (κ2) is 5.81. The first kappa shape index (κ1) is 14.5. The maximum atomic E-state index is 12.4. The van der Waals surface area contributed by atoms with E-state index >= 15 is 0 Å². The summed E-state index contributed by atoms with van der Waals surface area (Å²) < 4.78 is 5.34. The molecular weight excluding hydrogens is 290 g/mol. The molecule has 1 atom stereocenters. The molecule has 1 aromatic carbocycles. The van der Waals surface area contributed by atoms with E-state index in [9.17, 15) is 4.79 Å². The summed E-state index contributed by atoms with van der Waals surface area (Å²) in [5.74, 6) is 1.10. The van der Waals surface area contributed by atoms with Crippen LogP contribution in [0.2, 0.25) is 0 Å². The van der Waals surface area contributed by atoms with E-state index in [4.69, 9.17) is 4.52 Å². The van der Waals surface area contributed by atoms with Gasteiger partial charge in [0.15, 0.2) is 11.5 Å². The summed E-state index contributed by atoms with van der Waals surface area (Å²) in [7, 11) is 0. The largest absolute Gasteiger partial charge is 0.355 e. The standard InChI is InChI=1S/C18H21N3O2/c1-12-2-4-14(5-3-12)17-10-15(20-23-17)18(22)19-16-11-21-8-6-13(16)7-9-21/h2-5,10,13,16H,6-9,11H2,1H3,(H,19,22). The highest BCUT2D eigenvalue weighted by atomic mass is 16.5. The molecule has 3 saturated heterocycles. The minimum atomic E-state index is -0.133. The molecule has 23 heavy (non-hydrogen) atoms. The maximum Gasteiger partial charge on any atom is 0.273 e. The molecule has 2 bridgehead atoms. The number of nitrogens with zero attached hydrogens (tertiary/aromatic N) is 2. The number of piperidine rings is 3. The Balaban J connectivity index is 1.46. The molecule has 5 rings (SSSR count). The molecule has 5 heteroatoms. The summed E-state index contributed by atoms with van der Waals surface area (Å²) in [6, 6.07) is 9.96. The molecule has 3 fully saturated rings. The van der Waals surface area contributed by atoms with Gasteiger partial charge in [0, 0.05) is 24.2 Å². The SMILES string of the molecule is Cc1ccc(-c2cc(C(=O)NC3CN4CCC3CC4)no2)cc1. The summed E-state index contributed by atoms with van der Waals surface area (Å²) in [6.45, 7) is 5.33. The summed E-state index contributed by atoms with van der Waals surface area (Å²) in [5.41, 5.74) is 2.48. The third-order valence-electron chi connectivity index (χ3n) is 5.05. The highest BCUT2D eigenvalue weighted by molar-refractivity contribution is 5.93. The fraction of sp³-hybridized carbons (Fsp3) is 0.444. The number of carbonyl (C=O) groups is 1. The topological polar surface area (TPSA) is 58.4 Å². The molecule has 1 amide bonds. The number of rotatable bonds is 3. The van der Waals surface area contributed by atoms with Crippen molar-refractivity contribution in [3.63, 3.8) is 0 Å². The molecule has 0 radical (unpaired) electrons. The van der Waals surface area contributed by atoms with E-state index in [2.05, 4.69) is 15.4 Å². The van der Waals surface area contributed by atoms with Crippen LogP contribution in [-0.4, -0.2) is 41.6 Å². The van der Waals surface area contributed by atoms with Gasteiger partial charge in [0.25, 0.3) is 5.91 Å². The molecule has 3 aliphatic rings. The number of hydrogen-bond acceptors (Lipinski definition) is 4. The number of nitrogens with one attached hydrogen (secondary N) is 1. The van der Waals surface area contributed by atoms with Gasteiger partial charge in [0.1, 0.15) is 0 Å². The normalized spacial score (nSPS) is 26.2. The Labute approximate surface area is 135 Å². The van der Waals surface area contributed by atoms with Crippen LogP contribution in [-0.2, 0) is 0 Å². The van der Waals surface area contributed by atoms with Gasteiger partial charge in [0.05, 0.1) is 0 Å². The first-order valence-corrected chi connectivity index (χ1v) is 8.26. The second-order valence-electron chi connectivity index (χ2n) is 6.66. The second-order valence-corrected chi connectivity index (χ2v) is 6.66. The van der Waals surface area contributed by atoms with E-state index in [1.165, 1.54) is 31.5 Å². The molecule has 2 aromatic rings. The number of fused-ring (bicyclic) bond motifs is 3. The Morgan fingerprint density at radius 1 is 1.26 bits per heavy atom. The highest BCUT2D eigenvalue weighted by Crippen LogP contribution is 2.28. The van der Waals surface area contributed by atoms with Crippen LogP contribution in [0.5, 0.6) is 0 Å². The van der Waals surface area contributed by atoms with Crippen molar-refractivity contribution in [2.75, 3.05) is 19.6 Å². The molecule has 1 aromatic heterocycles. The Morgan fingerprint density at radius 2 is 2.00 bits per heavy atom. The van der Waals surface area contributed by atoms with E-state index in [0.717, 1.165) is 12.1 Å². The number of aromatic nitrogens is 1. The van der Waals surface area contributed by atoms with Crippen molar-refractivity contribution in [3.8, 4) is 11.3 Å². The van der Waals surface area contributed by atoms with Crippen molar-refractivity contribution in [2.45, 2.75) is 25.8 Å². The fourth-order valence-electron chi connectivity index (χ4n) is 3.61. The lowest BCUT2D eigenvalue weighted by Gasteiger charge is -2.44. The molecule has 4 heterocycles. The maximum absolute atomic E-state index is 12.4. The lowest BCUT2D eigenvalue weighted by molar-refractivity contribution is 0.0616. The number of aryl methyl sites for hydroxylation is 1. The van der Waals surface area contributed by atoms with Crippen LogP contribution in [0, 0.1) is 12.8 Å². The lowest BCUT2D eigenvalue weighted by Crippen LogP contribution is -2.57. The van der Waals surface area contributed by atoms with Crippen LogP contribution in [0.1, 0.15) is 28.9 Å². The monoisotopic (exact) mass is 311 g/mol. The molecule has 0 aliphatic carbocycles. The van der Waals surface area contributed by atoms with Gasteiger partial charge in [-0.2, -0.15) is 0 Å². The zero-order valence-electron chi connectivity index (χ0n) is 13.3. The lowest BCUT2D eigenvalue weighted by atomic mass is 9.84. The molecule has 1 unspecified atom stereocenters. The highest BCUT2D eigenvalue weighted by Gasteiger charge is 2.35. The molecule has 5 nitrogen and oxygen atoms in total. The van der Waals surface area contributed by atoms with Crippen molar-refractivity contribution in [1.82, 2.24) is 15.4 Å². The molecule has 0 spiro atoms. The summed E-state index contributed by atoms with van der Waals surface area (Å²) in [6.07, 6.45) is 2.36. The smallest absolute Gasteiger partial charge is 0.273 e. The van der Waals surface area contributed by atoms with E-state index in [1.807, 2.05) is 31.2 Å². The average molecular weight is 311 g/mol. The van der Waals surface area contributed by atoms with Crippen LogP contribution >= 0.6 is 0 Å². The zero-order valence-corrected chi connectivity index (χ0v) is 13.3. The minimum Gasteiger partial charge on any atom is -0.355 e. The predicted molar refractivity (Wildman–Crippen MR) is 87.1 cm³/mol.